The number of phosphoric ester groups is 1. The first kappa shape index (κ1) is 41.3. The van der Waals surface area contributed by atoms with Gasteiger partial charge in [-0.2, -0.15) is 15.6 Å². The van der Waals surface area contributed by atoms with Crippen molar-refractivity contribution in [1.29, 1.82) is 10.5 Å². The lowest BCUT2D eigenvalue weighted by molar-refractivity contribution is -0.0565. The number of nitrogens with two attached hydrogens (primary N) is 1. The molecule has 1 aromatic carbocycles. The van der Waals surface area contributed by atoms with Crippen LogP contribution in [0.15, 0.2) is 36.7 Å². The maximum atomic E-state index is 14.5. The zero-order valence-corrected chi connectivity index (χ0v) is 31.0. The Bertz CT molecular complexity index is 1680. The largest absolute Gasteiger partial charge is 0.472 e. The first-order valence-corrected chi connectivity index (χ1v) is 19.9. The summed E-state index contributed by atoms with van der Waals surface area (Å²) in [5, 5.41) is 23.3. The van der Waals surface area contributed by atoms with E-state index in [9.17, 15) is 19.1 Å². The number of anilines is 1. The molecule has 1 unspecified atom stereocenters. The Kier molecular flexibility index (Phi) is 16.9. The summed E-state index contributed by atoms with van der Waals surface area (Å²) in [7, 11) is -4.59. The SMILES string of the molecule is CCCCCCCCCCCCCCOC[C@H](COP(=O)(O)OC[C@@H]1CC[C@](C#N)(c2ccc3c(N)ncnn23)O1)OCc1ccc(C#N)cc1F. The lowest BCUT2D eigenvalue weighted by atomic mass is 9.98. The van der Waals surface area contributed by atoms with Crippen molar-refractivity contribution in [2.45, 2.75) is 121 Å². The van der Waals surface area contributed by atoms with Crippen LogP contribution in [0.25, 0.3) is 5.52 Å². The molecule has 4 atom stereocenters. The number of rotatable bonds is 25. The molecule has 0 aliphatic carbocycles. The number of halogens is 1. The van der Waals surface area contributed by atoms with Crippen molar-refractivity contribution in [2.75, 3.05) is 32.2 Å². The third-order valence-electron chi connectivity index (χ3n) is 9.21. The van der Waals surface area contributed by atoms with E-state index in [1.807, 2.05) is 6.07 Å². The van der Waals surface area contributed by atoms with Gasteiger partial charge in [0.25, 0.3) is 0 Å². The number of nitriles is 2. The van der Waals surface area contributed by atoms with E-state index in [4.69, 9.17) is 34.3 Å². The van der Waals surface area contributed by atoms with Crippen molar-refractivity contribution in [1.82, 2.24) is 14.6 Å². The minimum absolute atomic E-state index is 0.0473. The molecule has 0 radical (unpaired) electrons. The highest BCUT2D eigenvalue weighted by Crippen LogP contribution is 2.46. The van der Waals surface area contributed by atoms with Crippen LogP contribution in [0.2, 0.25) is 0 Å². The van der Waals surface area contributed by atoms with Crippen LogP contribution in [0.5, 0.6) is 0 Å². The van der Waals surface area contributed by atoms with Crippen LogP contribution in [0.3, 0.4) is 0 Å². The van der Waals surface area contributed by atoms with Gasteiger partial charge < -0.3 is 24.8 Å². The van der Waals surface area contributed by atoms with E-state index in [0.717, 1.165) is 25.3 Å². The molecule has 1 aliphatic rings. The fraction of sp³-hybridized carbons (Fsp3) is 0.622. The molecule has 284 valence electrons. The number of aromatic nitrogens is 3. The van der Waals surface area contributed by atoms with E-state index in [-0.39, 0.29) is 43.4 Å². The number of phosphoric acid groups is 1. The number of nitrogens with zero attached hydrogens (tertiary/aromatic N) is 5. The summed E-state index contributed by atoms with van der Waals surface area (Å²) in [4.78, 5) is 14.5. The molecule has 0 bridgehead atoms. The summed E-state index contributed by atoms with van der Waals surface area (Å²) in [5.41, 5.74) is 5.97. The smallest absolute Gasteiger partial charge is 0.382 e. The van der Waals surface area contributed by atoms with Gasteiger partial charge >= 0.3 is 7.82 Å². The number of fused-ring (bicyclic) bond motifs is 1. The Morgan fingerprint density at radius 3 is 2.44 bits per heavy atom. The van der Waals surface area contributed by atoms with Crippen LogP contribution in [-0.4, -0.2) is 58.1 Å². The normalized spacial score (nSPS) is 19.0. The van der Waals surface area contributed by atoms with Crippen molar-refractivity contribution < 1.29 is 37.1 Å². The predicted octanol–water partition coefficient (Wildman–Crippen LogP) is 7.66. The Hall–Kier alpha value is -3.46. The van der Waals surface area contributed by atoms with Gasteiger partial charge in [-0.1, -0.05) is 83.6 Å². The predicted molar refractivity (Wildman–Crippen MR) is 192 cm³/mol. The third kappa shape index (κ3) is 12.6. The molecular weight excluding hydrogens is 690 g/mol. The molecule has 4 rings (SSSR count). The fourth-order valence-corrected chi connectivity index (χ4v) is 6.99. The van der Waals surface area contributed by atoms with E-state index < -0.39 is 31.4 Å². The average molecular weight is 743 g/mol. The molecule has 3 N–H and O–H groups in total. The number of hydrogen-bond acceptors (Lipinski definition) is 11. The molecule has 13 nitrogen and oxygen atoms in total. The van der Waals surface area contributed by atoms with E-state index in [2.05, 4.69) is 23.1 Å². The van der Waals surface area contributed by atoms with Crippen LogP contribution >= 0.6 is 7.82 Å². The molecule has 0 amide bonds. The van der Waals surface area contributed by atoms with Crippen LogP contribution in [-0.2, 0) is 40.0 Å². The van der Waals surface area contributed by atoms with Gasteiger partial charge in [0.2, 0.25) is 0 Å². The second-order valence-electron chi connectivity index (χ2n) is 13.3. The Balaban J connectivity index is 1.22. The molecule has 0 saturated carbocycles. The molecule has 1 saturated heterocycles. The van der Waals surface area contributed by atoms with Crippen molar-refractivity contribution in [3.8, 4) is 12.1 Å². The molecular formula is C37H52FN6O7P. The van der Waals surface area contributed by atoms with Gasteiger partial charge in [-0.25, -0.2) is 18.5 Å². The Morgan fingerprint density at radius 2 is 1.77 bits per heavy atom. The fourth-order valence-electron chi connectivity index (χ4n) is 6.21. The summed E-state index contributed by atoms with van der Waals surface area (Å²) in [6.07, 6.45) is 15.1. The van der Waals surface area contributed by atoms with Gasteiger partial charge in [0, 0.05) is 12.2 Å². The molecule has 52 heavy (non-hydrogen) atoms. The van der Waals surface area contributed by atoms with E-state index in [1.54, 1.807) is 12.1 Å². The first-order valence-electron chi connectivity index (χ1n) is 18.4. The highest BCUT2D eigenvalue weighted by molar-refractivity contribution is 7.47. The number of unbranched alkanes of at least 4 members (excludes halogenated alkanes) is 11. The maximum Gasteiger partial charge on any atom is 0.472 e. The van der Waals surface area contributed by atoms with Gasteiger partial charge in [0.1, 0.15) is 29.8 Å². The molecule has 15 heteroatoms. The minimum Gasteiger partial charge on any atom is -0.382 e. The molecule has 0 spiro atoms. The topological polar surface area (TPSA) is 187 Å². The number of hydrogen-bond donors (Lipinski definition) is 2. The van der Waals surface area contributed by atoms with Crippen molar-refractivity contribution >= 4 is 19.2 Å². The Morgan fingerprint density at radius 1 is 1.06 bits per heavy atom. The van der Waals surface area contributed by atoms with Crippen molar-refractivity contribution in [2.24, 2.45) is 0 Å². The quantitative estimate of drug-likeness (QED) is 0.0638. The molecule has 1 fully saturated rings. The molecule has 3 aromatic rings. The van der Waals surface area contributed by atoms with Gasteiger partial charge in [-0.3, -0.25) is 9.05 Å². The summed E-state index contributed by atoms with van der Waals surface area (Å²) in [6.45, 7) is 1.92. The van der Waals surface area contributed by atoms with Crippen LogP contribution in [0.4, 0.5) is 10.2 Å². The molecule has 2 aromatic heterocycles. The highest BCUT2D eigenvalue weighted by atomic mass is 31.2. The molecule has 1 aliphatic heterocycles. The zero-order valence-electron chi connectivity index (χ0n) is 30.1. The second-order valence-corrected chi connectivity index (χ2v) is 14.7. The number of nitrogen functional groups attached to an aromatic ring is 1. The van der Waals surface area contributed by atoms with E-state index in [0.29, 0.717) is 30.7 Å². The van der Waals surface area contributed by atoms with Crippen molar-refractivity contribution in [3.05, 3.63) is 59.3 Å². The summed E-state index contributed by atoms with van der Waals surface area (Å²) in [6, 6.07) is 11.6. The summed E-state index contributed by atoms with van der Waals surface area (Å²) < 4.78 is 57.2. The zero-order chi connectivity index (χ0) is 37.2. The number of ether oxygens (including phenoxy) is 3. The second kappa shape index (κ2) is 21.3. The number of benzene rings is 1. The summed E-state index contributed by atoms with van der Waals surface area (Å²) in [5.74, 6) is -0.342. The monoisotopic (exact) mass is 742 g/mol. The average Bonchev–Trinajstić information content (AvgIpc) is 3.78. The van der Waals surface area contributed by atoms with Crippen LogP contribution in [0, 0.1) is 28.5 Å². The highest BCUT2D eigenvalue weighted by Gasteiger charge is 2.45. The van der Waals surface area contributed by atoms with Gasteiger partial charge in [-0.15, -0.1) is 0 Å². The van der Waals surface area contributed by atoms with Gasteiger partial charge in [0.15, 0.2) is 11.4 Å². The lowest BCUT2D eigenvalue weighted by Gasteiger charge is -2.23. The van der Waals surface area contributed by atoms with Gasteiger partial charge in [0.05, 0.1) is 49.9 Å². The van der Waals surface area contributed by atoms with Crippen LogP contribution in [0.1, 0.15) is 114 Å². The summed E-state index contributed by atoms with van der Waals surface area (Å²) >= 11 is 0. The standard InChI is InChI=1S/C37H52FN6O7P/c1-2-3-4-5-6-7-8-9-10-11-12-13-20-47-24-32(48-23-30-15-14-29(22-39)21-33(30)38)26-50-52(45,46)49-25-31-18-19-37(27-40,51-31)35-17-16-34-36(41)42-28-43-44(34)35/h14-17,21,28,31-32H,2-13,18-20,23-26H2,1H3,(H,45,46)(H2,41,42,43)/t31-,32+,37-/m0/s1. The molecule has 3 heterocycles. The van der Waals surface area contributed by atoms with Gasteiger partial charge in [-0.05, 0) is 43.5 Å². The minimum atomic E-state index is -4.59. The van der Waals surface area contributed by atoms with E-state index in [1.165, 1.54) is 80.8 Å². The van der Waals surface area contributed by atoms with Crippen molar-refractivity contribution in [3.63, 3.8) is 0 Å². The Labute approximate surface area is 305 Å². The third-order valence-corrected chi connectivity index (χ3v) is 10.2. The van der Waals surface area contributed by atoms with Crippen LogP contribution < -0.4 is 5.73 Å². The first-order chi connectivity index (χ1) is 25.2. The maximum absolute atomic E-state index is 14.5. The van der Waals surface area contributed by atoms with E-state index >= 15 is 0 Å². The lowest BCUT2D eigenvalue weighted by Crippen LogP contribution is -2.28.